The van der Waals surface area contributed by atoms with Crippen LogP contribution < -0.4 is 5.56 Å². The summed E-state index contributed by atoms with van der Waals surface area (Å²) >= 11 is 1.36. The lowest BCUT2D eigenvalue weighted by atomic mass is 10.3. The number of amides is 1. The van der Waals surface area contributed by atoms with E-state index in [2.05, 4.69) is 4.98 Å². The van der Waals surface area contributed by atoms with Gasteiger partial charge in [-0.3, -0.25) is 14.0 Å². The minimum atomic E-state index is -0.540. The van der Waals surface area contributed by atoms with Crippen LogP contribution >= 0.6 is 11.3 Å². The number of likely N-dealkylation sites (N-methyl/N-ethyl adjacent to an activating group) is 1. The van der Waals surface area contributed by atoms with Gasteiger partial charge >= 0.3 is 0 Å². The number of methoxy groups -OCH3 is 2. The molecule has 2 heterocycles. The first-order chi connectivity index (χ1) is 9.99. The Labute approximate surface area is 125 Å². The number of rotatable bonds is 5. The largest absolute Gasteiger partial charge is 0.354 e. The summed E-state index contributed by atoms with van der Waals surface area (Å²) in [7, 11) is 4.57. The van der Waals surface area contributed by atoms with Gasteiger partial charge in [0.25, 0.3) is 11.5 Å². The van der Waals surface area contributed by atoms with Gasteiger partial charge in [0.2, 0.25) is 0 Å². The van der Waals surface area contributed by atoms with Gasteiger partial charge in [0.05, 0.1) is 6.54 Å². The number of nitrogens with zero attached hydrogens (tertiary/aromatic N) is 3. The van der Waals surface area contributed by atoms with Crippen molar-refractivity contribution in [3.8, 4) is 0 Å². The van der Waals surface area contributed by atoms with Crippen LogP contribution in [-0.4, -0.2) is 54.3 Å². The van der Waals surface area contributed by atoms with E-state index < -0.39 is 12.2 Å². The first kappa shape index (κ1) is 15.6. The summed E-state index contributed by atoms with van der Waals surface area (Å²) in [6.45, 7) is 2.02. The van der Waals surface area contributed by atoms with Gasteiger partial charge in [-0.1, -0.05) is 0 Å². The predicted molar refractivity (Wildman–Crippen MR) is 78.8 cm³/mol. The number of fused-ring (bicyclic) bond motifs is 1. The third-order valence-corrected chi connectivity index (χ3v) is 4.10. The zero-order valence-electron chi connectivity index (χ0n) is 12.3. The Morgan fingerprint density at radius 3 is 2.76 bits per heavy atom. The van der Waals surface area contributed by atoms with Gasteiger partial charge in [-0.05, 0) is 6.92 Å². The number of aromatic nitrogens is 2. The van der Waals surface area contributed by atoms with E-state index in [0.29, 0.717) is 4.96 Å². The molecular weight excluding hydrogens is 294 g/mol. The first-order valence-corrected chi connectivity index (χ1v) is 7.14. The lowest BCUT2D eigenvalue weighted by Crippen LogP contribution is -2.39. The van der Waals surface area contributed by atoms with E-state index in [9.17, 15) is 9.59 Å². The summed E-state index contributed by atoms with van der Waals surface area (Å²) in [4.78, 5) is 30.9. The van der Waals surface area contributed by atoms with Crippen LogP contribution in [0.2, 0.25) is 0 Å². The number of carbonyl (C=O) groups excluding carboxylic acids is 1. The van der Waals surface area contributed by atoms with Crippen LogP contribution in [0.25, 0.3) is 4.96 Å². The molecule has 0 aliphatic rings. The van der Waals surface area contributed by atoms with Gasteiger partial charge in [-0.2, -0.15) is 0 Å². The third-order valence-electron chi connectivity index (χ3n) is 3.14. The maximum atomic E-state index is 12.4. The molecule has 0 aliphatic heterocycles. The van der Waals surface area contributed by atoms with Crippen molar-refractivity contribution in [2.24, 2.45) is 0 Å². The van der Waals surface area contributed by atoms with Gasteiger partial charge in [-0.25, -0.2) is 4.98 Å². The Balaban J connectivity index is 2.33. The van der Waals surface area contributed by atoms with Crippen LogP contribution in [0.4, 0.5) is 0 Å². The molecule has 0 saturated heterocycles. The van der Waals surface area contributed by atoms with Gasteiger partial charge in [0.1, 0.15) is 5.56 Å². The van der Waals surface area contributed by atoms with Crippen LogP contribution in [0.1, 0.15) is 16.1 Å². The number of hydrogen-bond donors (Lipinski definition) is 0. The molecule has 0 unspecified atom stereocenters. The zero-order chi connectivity index (χ0) is 15.6. The third kappa shape index (κ3) is 2.97. The molecule has 0 aromatic carbocycles. The van der Waals surface area contributed by atoms with E-state index in [0.717, 1.165) is 5.69 Å². The molecule has 21 heavy (non-hydrogen) atoms. The highest BCUT2D eigenvalue weighted by molar-refractivity contribution is 7.15. The Kier molecular flexibility index (Phi) is 4.71. The first-order valence-electron chi connectivity index (χ1n) is 6.26. The summed E-state index contributed by atoms with van der Waals surface area (Å²) in [6.07, 6.45) is 0.780. The van der Waals surface area contributed by atoms with Gasteiger partial charge in [-0.15, -0.1) is 11.3 Å². The molecule has 0 aliphatic carbocycles. The zero-order valence-corrected chi connectivity index (χ0v) is 13.1. The Morgan fingerprint density at radius 2 is 2.14 bits per heavy atom. The number of carbonyl (C=O) groups is 1. The van der Waals surface area contributed by atoms with E-state index in [4.69, 9.17) is 9.47 Å². The van der Waals surface area contributed by atoms with Crippen molar-refractivity contribution in [1.29, 1.82) is 0 Å². The molecule has 2 rings (SSSR count). The molecule has 0 radical (unpaired) electrons. The molecule has 2 aromatic rings. The molecule has 2 aromatic heterocycles. The van der Waals surface area contributed by atoms with Crippen molar-refractivity contribution in [3.63, 3.8) is 0 Å². The summed E-state index contributed by atoms with van der Waals surface area (Å²) in [6, 6.07) is 0. The predicted octanol–water partition coefficient (Wildman–Crippen LogP) is 0.755. The molecule has 1 amide bonds. The lowest BCUT2D eigenvalue weighted by molar-refractivity contribution is -0.110. The van der Waals surface area contributed by atoms with Crippen LogP contribution in [0.5, 0.6) is 0 Å². The molecular formula is C13H17N3O4S. The summed E-state index contributed by atoms with van der Waals surface area (Å²) in [5, 5.41) is 1.83. The van der Waals surface area contributed by atoms with Crippen LogP contribution in [0.15, 0.2) is 16.4 Å². The molecule has 7 nitrogen and oxygen atoms in total. The Morgan fingerprint density at radius 1 is 1.48 bits per heavy atom. The number of thiazole rings is 1. The average molecular weight is 311 g/mol. The second-order valence-electron chi connectivity index (χ2n) is 4.56. The molecule has 114 valence electrons. The highest BCUT2D eigenvalue weighted by atomic mass is 32.1. The Hall–Kier alpha value is -1.77. The van der Waals surface area contributed by atoms with E-state index in [1.807, 2.05) is 5.38 Å². The van der Waals surface area contributed by atoms with Crippen LogP contribution in [0.3, 0.4) is 0 Å². The van der Waals surface area contributed by atoms with Crippen molar-refractivity contribution in [2.75, 3.05) is 27.8 Å². The quantitative estimate of drug-likeness (QED) is 0.762. The molecule has 0 saturated carbocycles. The maximum Gasteiger partial charge on any atom is 0.271 e. The van der Waals surface area contributed by atoms with E-state index in [1.54, 1.807) is 14.0 Å². The number of ether oxygens (including phenoxy) is 2. The summed E-state index contributed by atoms with van der Waals surface area (Å²) < 4.78 is 11.5. The minimum Gasteiger partial charge on any atom is -0.354 e. The lowest BCUT2D eigenvalue weighted by Gasteiger charge is -2.21. The van der Waals surface area contributed by atoms with Crippen molar-refractivity contribution in [2.45, 2.75) is 13.2 Å². The van der Waals surface area contributed by atoms with Gasteiger partial charge in [0.15, 0.2) is 11.3 Å². The fraction of sp³-hybridized carbons (Fsp3) is 0.462. The Bertz CT molecular complexity index is 705. The molecule has 0 bridgehead atoms. The fourth-order valence-electron chi connectivity index (χ4n) is 1.93. The fourth-order valence-corrected chi connectivity index (χ4v) is 2.76. The monoisotopic (exact) mass is 311 g/mol. The van der Waals surface area contributed by atoms with Crippen LogP contribution in [-0.2, 0) is 9.47 Å². The molecule has 0 atom stereocenters. The molecule has 0 spiro atoms. The van der Waals surface area contributed by atoms with E-state index in [-0.39, 0.29) is 17.7 Å². The van der Waals surface area contributed by atoms with Gasteiger partial charge < -0.3 is 14.4 Å². The minimum absolute atomic E-state index is 0.0301. The summed E-state index contributed by atoms with van der Waals surface area (Å²) in [5.41, 5.74) is 0.431. The molecule has 0 fully saturated rings. The summed E-state index contributed by atoms with van der Waals surface area (Å²) in [5.74, 6) is -0.411. The van der Waals surface area contributed by atoms with Crippen molar-refractivity contribution in [3.05, 3.63) is 33.2 Å². The average Bonchev–Trinajstić information content (AvgIpc) is 2.86. The van der Waals surface area contributed by atoms with Crippen molar-refractivity contribution < 1.29 is 14.3 Å². The maximum absolute atomic E-state index is 12.4. The second kappa shape index (κ2) is 6.33. The highest BCUT2D eigenvalue weighted by Crippen LogP contribution is 2.11. The van der Waals surface area contributed by atoms with Crippen molar-refractivity contribution >= 4 is 22.2 Å². The second-order valence-corrected chi connectivity index (χ2v) is 5.40. The van der Waals surface area contributed by atoms with Gasteiger partial charge in [0, 0.05) is 38.5 Å². The van der Waals surface area contributed by atoms with Crippen molar-refractivity contribution in [1.82, 2.24) is 14.3 Å². The number of hydrogen-bond acceptors (Lipinski definition) is 6. The normalized spacial score (nSPS) is 11.3. The molecule has 8 heteroatoms. The SMILES string of the molecule is COC(CN(C)C(=O)c1cnc2scc(C)n2c1=O)OC. The smallest absolute Gasteiger partial charge is 0.271 e. The standard InChI is InChI=1S/C13H17N3O4S/c1-8-7-21-13-14-5-9(12(18)16(8)13)11(17)15(2)6-10(19-3)20-4/h5,7,10H,6H2,1-4H3. The van der Waals surface area contributed by atoms with E-state index >= 15 is 0 Å². The highest BCUT2D eigenvalue weighted by Gasteiger charge is 2.21. The van der Waals surface area contributed by atoms with Crippen LogP contribution in [0, 0.1) is 6.92 Å². The van der Waals surface area contributed by atoms with E-state index in [1.165, 1.54) is 41.1 Å². The number of aryl methyl sites for hydroxylation is 1. The molecule has 0 N–H and O–H groups in total. The topological polar surface area (TPSA) is 73.1 Å².